The van der Waals surface area contributed by atoms with Crippen LogP contribution in [-0.4, -0.2) is 16.9 Å². The Labute approximate surface area is 49.6 Å². The summed E-state index contributed by atoms with van der Waals surface area (Å²) in [6, 6.07) is 0. The summed E-state index contributed by atoms with van der Waals surface area (Å²) < 4.78 is 0.296. The molecule has 28 valence electrons. The second-order valence-electron chi connectivity index (χ2n) is 0.419. The van der Waals surface area contributed by atoms with Crippen molar-refractivity contribution in [1.29, 1.82) is 0 Å². The fourth-order valence-electron chi connectivity index (χ4n) is 0. The van der Waals surface area contributed by atoms with Crippen LogP contribution in [0, 0.1) is 0 Å². The van der Waals surface area contributed by atoms with E-state index in [4.69, 9.17) is 23.2 Å². The summed E-state index contributed by atoms with van der Waals surface area (Å²) in [5.41, 5.74) is 0. The quantitative estimate of drug-likeness (QED) is 0.483. The Hall–Kier alpha value is 0.878. The number of hydrogen-bond donors (Lipinski definition) is 0. The predicted octanol–water partition coefficient (Wildman–Crippen LogP) is 1.43. The van der Waals surface area contributed by atoms with Crippen molar-refractivity contribution in [2.45, 2.75) is 0 Å². The molecule has 0 bridgehead atoms. The maximum absolute atomic E-state index is 5.07. The molecule has 0 saturated carbocycles. The summed E-state index contributed by atoms with van der Waals surface area (Å²) in [7, 11) is 0. The average molecular weight is 171 g/mol. The van der Waals surface area contributed by atoms with E-state index in [1.807, 2.05) is 0 Å². The molecule has 0 aliphatic heterocycles. The van der Waals surface area contributed by atoms with E-state index in [1.54, 1.807) is 4.86 Å². The zero-order valence-corrected chi connectivity index (χ0v) is 5.67. The van der Waals surface area contributed by atoms with E-state index in [0.29, 0.717) is 4.49 Å². The van der Waals surface area contributed by atoms with Gasteiger partial charge in [0.25, 0.3) is 0 Å². The Kier molecular flexibility index (Phi) is 3.63. The van der Waals surface area contributed by atoms with Gasteiger partial charge in [-0.05, 0) is 0 Å². The predicted molar refractivity (Wildman–Crippen MR) is 25.5 cm³/mol. The Morgan fingerprint density at radius 3 is 1.80 bits per heavy atom. The van der Waals surface area contributed by atoms with E-state index >= 15 is 0 Å². The van der Waals surface area contributed by atoms with Gasteiger partial charge in [0.15, 0.2) is 0 Å². The molecule has 3 heteroatoms. The van der Waals surface area contributed by atoms with Gasteiger partial charge in [-0.25, -0.2) is 0 Å². The average Bonchev–Trinajstić information content (AvgIpc) is 1.38. The maximum atomic E-state index is 5.07. The van der Waals surface area contributed by atoms with Crippen LogP contribution in [0.15, 0.2) is 9.36 Å². The molecule has 0 N–H and O–H groups in total. The van der Waals surface area contributed by atoms with E-state index in [2.05, 4.69) is 16.9 Å². The van der Waals surface area contributed by atoms with Gasteiger partial charge in [0.05, 0.1) is 0 Å². The van der Waals surface area contributed by atoms with Crippen LogP contribution in [0.3, 0.4) is 0 Å². The summed E-state index contributed by atoms with van der Waals surface area (Å²) in [6.45, 7) is 0. The zero-order valence-electron chi connectivity index (χ0n) is 2.28. The molecule has 0 rings (SSSR count). The molecule has 0 aromatic rings. The van der Waals surface area contributed by atoms with Gasteiger partial charge < -0.3 is 0 Å². The molecule has 0 spiro atoms. The molecule has 0 aromatic carbocycles. The molecule has 0 unspecified atom stereocenters. The van der Waals surface area contributed by atoms with Gasteiger partial charge >= 0.3 is 49.4 Å². The van der Waals surface area contributed by atoms with Gasteiger partial charge in [-0.15, -0.1) is 0 Å². The van der Waals surface area contributed by atoms with Crippen LogP contribution in [0.5, 0.6) is 0 Å². The number of hydrogen-bond acceptors (Lipinski definition) is 0. The minimum absolute atomic E-state index is 0.296. The van der Waals surface area contributed by atoms with Gasteiger partial charge in [-0.2, -0.15) is 0 Å². The van der Waals surface area contributed by atoms with Crippen molar-refractivity contribution >= 4 is 40.1 Å². The molecule has 0 amide bonds. The molecular formula is C2HAsCl2. The molecule has 0 atom stereocenters. The fraction of sp³-hybridized carbons (Fsp3) is 0. The molecule has 0 heterocycles. The second-order valence-corrected chi connectivity index (χ2v) is 1.97. The van der Waals surface area contributed by atoms with E-state index in [1.165, 1.54) is 0 Å². The summed E-state index contributed by atoms with van der Waals surface area (Å²) >= 11 is 12.3. The topological polar surface area (TPSA) is 0 Å². The van der Waals surface area contributed by atoms with Crippen LogP contribution in [0.4, 0.5) is 0 Å². The van der Waals surface area contributed by atoms with Crippen molar-refractivity contribution in [3.05, 3.63) is 9.36 Å². The Morgan fingerprint density at radius 1 is 1.60 bits per heavy atom. The first-order valence-electron chi connectivity index (χ1n) is 0.925. The van der Waals surface area contributed by atoms with E-state index in [-0.39, 0.29) is 0 Å². The van der Waals surface area contributed by atoms with Gasteiger partial charge in [0, 0.05) is 0 Å². The number of rotatable bonds is 0. The standard InChI is InChI=1S/C2HAsCl2/c3-1-2(4)5/h1H. The van der Waals surface area contributed by atoms with Crippen LogP contribution in [-0.2, 0) is 0 Å². The summed E-state index contributed by atoms with van der Waals surface area (Å²) in [5, 5.41) is 0. The van der Waals surface area contributed by atoms with Gasteiger partial charge in [-0.1, -0.05) is 0 Å². The molecule has 5 heavy (non-hydrogen) atoms. The normalized spacial score (nSPS) is 7.00. The molecule has 0 aliphatic carbocycles. The van der Waals surface area contributed by atoms with Gasteiger partial charge in [-0.3, -0.25) is 0 Å². The van der Waals surface area contributed by atoms with Crippen molar-refractivity contribution in [3.63, 3.8) is 0 Å². The molecule has 2 radical (unpaired) electrons. The van der Waals surface area contributed by atoms with Gasteiger partial charge in [0.1, 0.15) is 0 Å². The zero-order chi connectivity index (χ0) is 4.28. The van der Waals surface area contributed by atoms with Crippen molar-refractivity contribution in [1.82, 2.24) is 0 Å². The summed E-state index contributed by atoms with van der Waals surface area (Å²) in [5.74, 6) is 0. The Bertz CT molecular complexity index is 45.6. The SMILES string of the molecule is ClC(Cl)=C[As]. The number of halogens is 2. The summed E-state index contributed by atoms with van der Waals surface area (Å²) in [6.07, 6.45) is 0. The summed E-state index contributed by atoms with van der Waals surface area (Å²) in [4.78, 5) is 1.55. The second kappa shape index (κ2) is 3.08. The Morgan fingerprint density at radius 2 is 1.80 bits per heavy atom. The molecule has 0 saturated heterocycles. The fourth-order valence-corrected chi connectivity index (χ4v) is 0. The first-order valence-corrected chi connectivity index (χ1v) is 2.76. The molecule has 0 aliphatic rings. The van der Waals surface area contributed by atoms with Crippen LogP contribution in [0.1, 0.15) is 0 Å². The molecular weight excluding hydrogens is 170 g/mol. The van der Waals surface area contributed by atoms with E-state index < -0.39 is 0 Å². The van der Waals surface area contributed by atoms with Crippen molar-refractivity contribution in [2.75, 3.05) is 0 Å². The monoisotopic (exact) mass is 170 g/mol. The molecule has 0 nitrogen and oxygen atoms in total. The van der Waals surface area contributed by atoms with Crippen LogP contribution in [0.2, 0.25) is 0 Å². The van der Waals surface area contributed by atoms with E-state index in [0.717, 1.165) is 0 Å². The van der Waals surface area contributed by atoms with Crippen molar-refractivity contribution in [2.24, 2.45) is 0 Å². The van der Waals surface area contributed by atoms with Crippen LogP contribution < -0.4 is 0 Å². The first-order chi connectivity index (χ1) is 2.27. The third-order valence-corrected chi connectivity index (χ3v) is 1.52. The minimum atomic E-state index is 0.296. The van der Waals surface area contributed by atoms with E-state index in [9.17, 15) is 0 Å². The van der Waals surface area contributed by atoms with Crippen LogP contribution in [0.25, 0.3) is 0 Å². The third kappa shape index (κ3) is 4.88. The van der Waals surface area contributed by atoms with Crippen LogP contribution >= 0.6 is 23.2 Å². The van der Waals surface area contributed by atoms with Crippen molar-refractivity contribution < 1.29 is 0 Å². The van der Waals surface area contributed by atoms with Gasteiger partial charge in [0.2, 0.25) is 0 Å². The third-order valence-electron chi connectivity index (χ3n) is 0.0976. The first kappa shape index (κ1) is 5.88. The van der Waals surface area contributed by atoms with Crippen molar-refractivity contribution in [3.8, 4) is 0 Å². The Balaban J connectivity index is 3.14. The molecule has 0 fully saturated rings. The molecule has 0 aromatic heterocycles.